The maximum atomic E-state index is 3.85. The Balaban J connectivity index is 1.54. The average Bonchev–Trinajstić information content (AvgIpc) is 2.76. The van der Waals surface area contributed by atoms with Gasteiger partial charge in [-0.3, -0.25) is 0 Å². The first-order valence-corrected chi connectivity index (χ1v) is 11.1. The summed E-state index contributed by atoms with van der Waals surface area (Å²) in [5.74, 6) is 8.28. The van der Waals surface area contributed by atoms with E-state index in [2.05, 4.69) is 80.0 Å². The quantitative estimate of drug-likeness (QED) is 0.346. The second-order valence-electron chi connectivity index (χ2n) is 8.26. The molecule has 0 radical (unpaired) electrons. The van der Waals surface area contributed by atoms with Crippen molar-refractivity contribution < 1.29 is 0 Å². The summed E-state index contributed by atoms with van der Waals surface area (Å²) in [5, 5.41) is 0. The molecule has 0 bridgehead atoms. The Bertz CT molecular complexity index is 775. The number of rotatable bonds is 7. The van der Waals surface area contributed by atoms with Gasteiger partial charge in [0.05, 0.1) is 0 Å². The van der Waals surface area contributed by atoms with Crippen LogP contribution in [0.2, 0.25) is 0 Å². The molecule has 0 heteroatoms. The fraction of sp³-hybridized carbons (Fsp3) is 0.429. The van der Waals surface area contributed by atoms with Gasteiger partial charge >= 0.3 is 0 Å². The lowest BCUT2D eigenvalue weighted by atomic mass is 9.77. The summed E-state index contributed by atoms with van der Waals surface area (Å²) in [6.45, 7) is 6.09. The molecule has 0 aliphatic heterocycles. The van der Waals surface area contributed by atoms with E-state index >= 15 is 0 Å². The van der Waals surface area contributed by atoms with Gasteiger partial charge in [0.1, 0.15) is 0 Å². The Hall–Kier alpha value is -2.26. The highest BCUT2D eigenvalue weighted by Crippen LogP contribution is 2.37. The molecule has 1 fully saturated rings. The first-order valence-electron chi connectivity index (χ1n) is 11.1. The zero-order chi connectivity index (χ0) is 19.6. The summed E-state index contributed by atoms with van der Waals surface area (Å²) in [6, 6.07) is 17.7. The zero-order valence-corrected chi connectivity index (χ0v) is 17.4. The van der Waals surface area contributed by atoms with Crippen LogP contribution in [0.25, 0.3) is 0 Å². The van der Waals surface area contributed by atoms with Gasteiger partial charge in [0, 0.05) is 11.1 Å². The fourth-order valence-electron chi connectivity index (χ4n) is 4.26. The highest BCUT2D eigenvalue weighted by Gasteiger charge is 2.21. The third-order valence-corrected chi connectivity index (χ3v) is 6.13. The molecular weight excluding hydrogens is 336 g/mol. The van der Waals surface area contributed by atoms with Crippen molar-refractivity contribution >= 4 is 0 Å². The highest BCUT2D eigenvalue weighted by molar-refractivity contribution is 5.44. The molecule has 2 aromatic rings. The predicted molar refractivity (Wildman–Crippen MR) is 122 cm³/mol. The van der Waals surface area contributed by atoms with Crippen LogP contribution in [0.1, 0.15) is 86.5 Å². The molecule has 0 unspecified atom stereocenters. The van der Waals surface area contributed by atoms with E-state index in [1.54, 1.807) is 0 Å². The topological polar surface area (TPSA) is 0 Å². The third kappa shape index (κ3) is 6.13. The number of hydrogen-bond donors (Lipinski definition) is 0. The van der Waals surface area contributed by atoms with Gasteiger partial charge in [0.25, 0.3) is 0 Å². The molecule has 0 saturated heterocycles. The van der Waals surface area contributed by atoms with E-state index in [0.717, 1.165) is 23.0 Å². The maximum Gasteiger partial charge on any atom is 0.0249 e. The van der Waals surface area contributed by atoms with Gasteiger partial charge in [-0.15, -0.1) is 6.58 Å². The van der Waals surface area contributed by atoms with Crippen molar-refractivity contribution in [2.24, 2.45) is 5.92 Å². The summed E-state index contributed by atoms with van der Waals surface area (Å²) in [6.07, 6.45) is 13.6. The van der Waals surface area contributed by atoms with E-state index < -0.39 is 0 Å². The van der Waals surface area contributed by atoms with Crippen molar-refractivity contribution in [3.8, 4) is 11.8 Å². The molecule has 1 aliphatic carbocycles. The molecule has 3 rings (SSSR count). The average molecular weight is 371 g/mol. The van der Waals surface area contributed by atoms with Gasteiger partial charge in [-0.1, -0.05) is 55.5 Å². The standard InChI is InChI=1S/C28H34/c1-3-5-7-23-9-11-25(12-10-23)13-14-26-17-21-28(22-18-26)27-19-15-24(16-20-27)8-6-4-2/h4,9-12,17-18,21-22,24,27H,2-3,5-8,15-16,19-20H2,1H3. The van der Waals surface area contributed by atoms with E-state index in [1.807, 2.05) is 0 Å². The van der Waals surface area contributed by atoms with Crippen LogP contribution in [0.4, 0.5) is 0 Å². The van der Waals surface area contributed by atoms with E-state index in [9.17, 15) is 0 Å². The van der Waals surface area contributed by atoms with Crippen molar-refractivity contribution in [2.75, 3.05) is 0 Å². The lowest BCUT2D eigenvalue weighted by Crippen LogP contribution is -2.13. The summed E-state index contributed by atoms with van der Waals surface area (Å²) in [5.41, 5.74) is 5.12. The molecule has 0 atom stereocenters. The van der Waals surface area contributed by atoms with Crippen LogP contribution in [-0.2, 0) is 6.42 Å². The first kappa shape index (κ1) is 20.5. The summed E-state index contributed by atoms with van der Waals surface area (Å²) in [4.78, 5) is 0. The molecule has 0 amide bonds. The van der Waals surface area contributed by atoms with E-state index in [4.69, 9.17) is 0 Å². The molecule has 1 aliphatic rings. The minimum absolute atomic E-state index is 0.734. The van der Waals surface area contributed by atoms with E-state index in [-0.39, 0.29) is 0 Å². The van der Waals surface area contributed by atoms with Crippen LogP contribution in [0.15, 0.2) is 61.2 Å². The van der Waals surface area contributed by atoms with Crippen molar-refractivity contribution in [1.29, 1.82) is 0 Å². The molecule has 0 aromatic heterocycles. The molecular formula is C28H34. The molecule has 2 aromatic carbocycles. The largest absolute Gasteiger partial charge is 0.103 e. The summed E-state index contributed by atoms with van der Waals surface area (Å²) >= 11 is 0. The number of hydrogen-bond acceptors (Lipinski definition) is 0. The minimum atomic E-state index is 0.734. The van der Waals surface area contributed by atoms with Crippen LogP contribution >= 0.6 is 0 Å². The highest BCUT2D eigenvalue weighted by atomic mass is 14.3. The molecule has 0 spiro atoms. The molecule has 28 heavy (non-hydrogen) atoms. The van der Waals surface area contributed by atoms with Crippen LogP contribution in [-0.4, -0.2) is 0 Å². The minimum Gasteiger partial charge on any atom is -0.103 e. The molecule has 0 nitrogen and oxygen atoms in total. The van der Waals surface area contributed by atoms with Gasteiger partial charge in [-0.05, 0) is 98.6 Å². The lowest BCUT2D eigenvalue weighted by Gasteiger charge is -2.28. The Labute approximate surface area is 172 Å². The Morgan fingerprint density at radius 1 is 0.893 bits per heavy atom. The predicted octanol–water partition coefficient (Wildman–Crippen LogP) is 7.67. The van der Waals surface area contributed by atoms with Crippen LogP contribution in [0, 0.1) is 17.8 Å². The SMILES string of the molecule is C=CCCC1CCC(c2ccc(C#Cc3ccc(CCCC)cc3)cc2)CC1. The molecule has 1 saturated carbocycles. The smallest absolute Gasteiger partial charge is 0.0249 e. The van der Waals surface area contributed by atoms with Crippen molar-refractivity contribution in [3.63, 3.8) is 0 Å². The Morgan fingerprint density at radius 3 is 2.07 bits per heavy atom. The molecule has 0 N–H and O–H groups in total. The maximum absolute atomic E-state index is 3.85. The van der Waals surface area contributed by atoms with E-state index in [1.165, 1.54) is 68.9 Å². The number of benzene rings is 2. The van der Waals surface area contributed by atoms with Gasteiger partial charge < -0.3 is 0 Å². The number of unbranched alkanes of at least 4 members (excludes halogenated alkanes) is 1. The fourth-order valence-corrected chi connectivity index (χ4v) is 4.26. The summed E-state index contributed by atoms with van der Waals surface area (Å²) < 4.78 is 0. The zero-order valence-electron chi connectivity index (χ0n) is 17.4. The van der Waals surface area contributed by atoms with Crippen molar-refractivity contribution in [3.05, 3.63) is 83.4 Å². The van der Waals surface area contributed by atoms with Crippen LogP contribution < -0.4 is 0 Å². The monoisotopic (exact) mass is 370 g/mol. The number of allylic oxidation sites excluding steroid dienone is 1. The Kier molecular flexibility index (Phi) is 7.98. The second kappa shape index (κ2) is 10.9. The van der Waals surface area contributed by atoms with Crippen LogP contribution in [0.3, 0.4) is 0 Å². The summed E-state index contributed by atoms with van der Waals surface area (Å²) in [7, 11) is 0. The van der Waals surface area contributed by atoms with Gasteiger partial charge in [-0.25, -0.2) is 0 Å². The lowest BCUT2D eigenvalue weighted by molar-refractivity contribution is 0.312. The van der Waals surface area contributed by atoms with Crippen molar-refractivity contribution in [2.45, 2.75) is 70.6 Å². The van der Waals surface area contributed by atoms with Gasteiger partial charge in [0.15, 0.2) is 0 Å². The third-order valence-electron chi connectivity index (χ3n) is 6.13. The van der Waals surface area contributed by atoms with Gasteiger partial charge in [0.2, 0.25) is 0 Å². The first-order chi connectivity index (χ1) is 13.8. The molecule has 146 valence electrons. The normalized spacial score (nSPS) is 18.9. The number of aryl methyl sites for hydroxylation is 1. The van der Waals surface area contributed by atoms with Crippen LogP contribution in [0.5, 0.6) is 0 Å². The Morgan fingerprint density at radius 2 is 1.50 bits per heavy atom. The van der Waals surface area contributed by atoms with Gasteiger partial charge in [-0.2, -0.15) is 0 Å². The second-order valence-corrected chi connectivity index (χ2v) is 8.26. The molecule has 0 heterocycles. The van der Waals surface area contributed by atoms with Crippen molar-refractivity contribution in [1.82, 2.24) is 0 Å². The van der Waals surface area contributed by atoms with E-state index in [0.29, 0.717) is 0 Å².